The molecule has 8 heteroatoms. The molecule has 1 aromatic carbocycles. The van der Waals surface area contributed by atoms with Crippen LogP contribution in [0.4, 0.5) is 0 Å². The van der Waals surface area contributed by atoms with E-state index in [2.05, 4.69) is 33.0 Å². The highest BCUT2D eigenvalue weighted by Gasteiger charge is 2.13. The molecule has 1 aliphatic rings. The van der Waals surface area contributed by atoms with Gasteiger partial charge in [0.15, 0.2) is 11.8 Å². The average Bonchev–Trinajstić information content (AvgIpc) is 3.11. The summed E-state index contributed by atoms with van der Waals surface area (Å²) in [6, 6.07) is 8.04. The van der Waals surface area contributed by atoms with E-state index in [4.69, 9.17) is 9.73 Å². The molecule has 2 aromatic rings. The Morgan fingerprint density at radius 3 is 2.52 bits per heavy atom. The van der Waals surface area contributed by atoms with Gasteiger partial charge >= 0.3 is 0 Å². The van der Waals surface area contributed by atoms with Gasteiger partial charge in [-0.3, -0.25) is 0 Å². The number of benzene rings is 1. The van der Waals surface area contributed by atoms with E-state index in [1.54, 1.807) is 7.11 Å². The Labute approximate surface area is 203 Å². The number of hydrogen-bond acceptors (Lipinski definition) is 4. The van der Waals surface area contributed by atoms with Gasteiger partial charge in [0.2, 0.25) is 0 Å². The van der Waals surface area contributed by atoms with Gasteiger partial charge in [-0.1, -0.05) is 44.2 Å². The molecular formula is C23H37IN6O. The topological polar surface area (TPSA) is 76.4 Å². The van der Waals surface area contributed by atoms with Crippen molar-refractivity contribution in [3.8, 4) is 5.75 Å². The third kappa shape index (κ3) is 8.31. The first-order valence-electron chi connectivity index (χ1n) is 11.2. The van der Waals surface area contributed by atoms with Gasteiger partial charge in [-0.15, -0.1) is 34.2 Å². The Morgan fingerprint density at radius 1 is 1.13 bits per heavy atom. The molecule has 172 valence electrons. The highest BCUT2D eigenvalue weighted by molar-refractivity contribution is 14.0. The van der Waals surface area contributed by atoms with Crippen molar-refractivity contribution in [2.75, 3.05) is 13.7 Å². The molecule has 1 aromatic heterocycles. The van der Waals surface area contributed by atoms with Crippen LogP contribution in [-0.4, -0.2) is 34.4 Å². The fourth-order valence-electron chi connectivity index (χ4n) is 3.92. The smallest absolute Gasteiger partial charge is 0.191 e. The Balaban J connectivity index is 0.00000341. The van der Waals surface area contributed by atoms with Gasteiger partial charge in [-0.05, 0) is 43.4 Å². The van der Waals surface area contributed by atoms with E-state index in [0.29, 0.717) is 13.1 Å². The molecule has 0 saturated heterocycles. The van der Waals surface area contributed by atoms with Crippen LogP contribution in [0.15, 0.2) is 29.3 Å². The van der Waals surface area contributed by atoms with Crippen molar-refractivity contribution in [2.45, 2.75) is 65.0 Å². The zero-order valence-corrected chi connectivity index (χ0v) is 21.4. The molecule has 31 heavy (non-hydrogen) atoms. The summed E-state index contributed by atoms with van der Waals surface area (Å²) >= 11 is 0. The highest BCUT2D eigenvalue weighted by Crippen LogP contribution is 2.26. The second kappa shape index (κ2) is 13.5. The number of ether oxygens (including phenoxy) is 1. The van der Waals surface area contributed by atoms with E-state index in [9.17, 15) is 0 Å². The number of guanidine groups is 1. The van der Waals surface area contributed by atoms with Crippen LogP contribution in [0, 0.1) is 12.8 Å². The van der Waals surface area contributed by atoms with Gasteiger partial charge in [0.05, 0.1) is 20.2 Å². The monoisotopic (exact) mass is 540 g/mol. The fourth-order valence-corrected chi connectivity index (χ4v) is 3.92. The molecule has 1 heterocycles. The number of aryl methyl sites for hydroxylation is 1. The van der Waals surface area contributed by atoms with Gasteiger partial charge in [0.25, 0.3) is 0 Å². The molecule has 1 aliphatic carbocycles. The van der Waals surface area contributed by atoms with Crippen LogP contribution in [0.3, 0.4) is 0 Å². The number of methoxy groups -OCH3 is 1. The van der Waals surface area contributed by atoms with E-state index in [0.717, 1.165) is 41.4 Å². The molecule has 2 N–H and O–H groups in total. The van der Waals surface area contributed by atoms with Gasteiger partial charge in [0.1, 0.15) is 11.6 Å². The minimum absolute atomic E-state index is 0. The summed E-state index contributed by atoms with van der Waals surface area (Å²) in [6.07, 6.45) is 9.53. The van der Waals surface area contributed by atoms with Gasteiger partial charge in [0, 0.05) is 13.6 Å². The van der Waals surface area contributed by atoms with Crippen molar-refractivity contribution in [1.82, 2.24) is 25.4 Å². The zero-order valence-electron chi connectivity index (χ0n) is 19.1. The molecule has 0 aliphatic heterocycles. The Morgan fingerprint density at radius 2 is 1.87 bits per heavy atom. The molecule has 0 bridgehead atoms. The average molecular weight is 540 g/mol. The maximum Gasteiger partial charge on any atom is 0.191 e. The summed E-state index contributed by atoms with van der Waals surface area (Å²) in [5, 5.41) is 15.3. The second-order valence-electron chi connectivity index (χ2n) is 8.16. The molecule has 1 saturated carbocycles. The van der Waals surface area contributed by atoms with Crippen molar-refractivity contribution in [3.63, 3.8) is 0 Å². The van der Waals surface area contributed by atoms with Crippen LogP contribution in [0.1, 0.15) is 62.2 Å². The number of halogens is 1. The third-order valence-corrected chi connectivity index (χ3v) is 5.98. The lowest BCUT2D eigenvalue weighted by atomic mass is 9.86. The highest BCUT2D eigenvalue weighted by atomic mass is 127. The second-order valence-corrected chi connectivity index (χ2v) is 8.16. The van der Waals surface area contributed by atoms with E-state index in [1.165, 1.54) is 44.9 Å². The van der Waals surface area contributed by atoms with Gasteiger partial charge in [-0.2, -0.15) is 0 Å². The maximum atomic E-state index is 5.24. The maximum absolute atomic E-state index is 5.24. The first-order valence-corrected chi connectivity index (χ1v) is 11.2. The predicted octanol–water partition coefficient (Wildman–Crippen LogP) is 4.35. The van der Waals surface area contributed by atoms with Crippen molar-refractivity contribution in [3.05, 3.63) is 41.5 Å². The number of nitrogens with zero attached hydrogens (tertiary/aromatic N) is 4. The first-order chi connectivity index (χ1) is 14.7. The predicted molar refractivity (Wildman–Crippen MR) is 136 cm³/mol. The number of aliphatic imine (C=N–C) groups is 1. The van der Waals surface area contributed by atoms with Crippen LogP contribution < -0.4 is 15.4 Å². The number of rotatable bonds is 9. The molecule has 0 radical (unpaired) electrons. The fraction of sp³-hybridized carbons (Fsp3) is 0.609. The summed E-state index contributed by atoms with van der Waals surface area (Å²) < 4.78 is 7.23. The molecule has 0 spiro atoms. The lowest BCUT2D eigenvalue weighted by Crippen LogP contribution is -2.38. The minimum Gasteiger partial charge on any atom is -0.497 e. The molecule has 3 rings (SSSR count). The minimum atomic E-state index is 0. The van der Waals surface area contributed by atoms with Crippen LogP contribution in [0.25, 0.3) is 0 Å². The quantitative estimate of drug-likeness (QED) is 0.214. The number of aromatic nitrogens is 3. The van der Waals surface area contributed by atoms with Crippen LogP contribution in [-0.2, 0) is 20.1 Å². The van der Waals surface area contributed by atoms with Crippen molar-refractivity contribution in [1.29, 1.82) is 0 Å². The molecular weight excluding hydrogens is 503 g/mol. The molecule has 0 atom stereocenters. The van der Waals surface area contributed by atoms with E-state index >= 15 is 0 Å². The zero-order chi connectivity index (χ0) is 21.2. The Kier molecular flexibility index (Phi) is 11.1. The largest absolute Gasteiger partial charge is 0.497 e. The summed E-state index contributed by atoms with van der Waals surface area (Å²) in [6.45, 7) is 4.09. The standard InChI is InChI=1S/C23H36N6O.HI/c1-18-27-28-22(29(18)2)17-26-23(24-15-7-10-19-8-5-4-6-9-19)25-16-20-11-13-21(30-3)14-12-20;/h11-14,19H,4-10,15-17H2,1-3H3,(H2,24,25,26);1H. The van der Waals surface area contributed by atoms with E-state index in [-0.39, 0.29) is 24.0 Å². The summed E-state index contributed by atoms with van der Waals surface area (Å²) in [4.78, 5) is 4.78. The van der Waals surface area contributed by atoms with Crippen molar-refractivity contribution >= 4 is 29.9 Å². The van der Waals surface area contributed by atoms with E-state index < -0.39 is 0 Å². The van der Waals surface area contributed by atoms with E-state index in [1.807, 2.05) is 30.7 Å². The van der Waals surface area contributed by atoms with Gasteiger partial charge in [-0.25, -0.2) is 4.99 Å². The number of hydrogen-bond donors (Lipinski definition) is 2. The lowest BCUT2D eigenvalue weighted by Gasteiger charge is -2.21. The van der Waals surface area contributed by atoms with Crippen LogP contribution in [0.2, 0.25) is 0 Å². The van der Waals surface area contributed by atoms with Gasteiger partial charge < -0.3 is 19.9 Å². The number of nitrogens with one attached hydrogen (secondary N) is 2. The lowest BCUT2D eigenvalue weighted by molar-refractivity contribution is 0.332. The van der Waals surface area contributed by atoms with Crippen molar-refractivity contribution in [2.24, 2.45) is 18.0 Å². The Bertz CT molecular complexity index is 799. The van der Waals surface area contributed by atoms with Crippen molar-refractivity contribution < 1.29 is 4.74 Å². The molecule has 0 unspecified atom stereocenters. The summed E-state index contributed by atoms with van der Waals surface area (Å²) in [5.41, 5.74) is 1.15. The summed E-state index contributed by atoms with van der Waals surface area (Å²) in [5.74, 6) is 4.39. The Hall–Kier alpha value is -1.84. The molecule has 0 amide bonds. The SMILES string of the molecule is COc1ccc(CN=C(NCCCC2CCCCC2)NCc2nnc(C)n2C)cc1.I. The van der Waals surface area contributed by atoms with Crippen LogP contribution >= 0.6 is 24.0 Å². The first kappa shape index (κ1) is 25.4. The summed E-state index contributed by atoms with van der Waals surface area (Å²) in [7, 11) is 3.67. The third-order valence-electron chi connectivity index (χ3n) is 5.98. The van der Waals surface area contributed by atoms with Crippen LogP contribution in [0.5, 0.6) is 5.75 Å². The molecule has 1 fully saturated rings. The normalized spacial score (nSPS) is 14.7. The molecule has 7 nitrogen and oxygen atoms in total.